The van der Waals surface area contributed by atoms with Crippen molar-refractivity contribution in [3.05, 3.63) is 58.8 Å². The van der Waals surface area contributed by atoms with Crippen LogP contribution in [0.3, 0.4) is 0 Å². The SMILES string of the molecule is CC(=O)O[C@@H]1C=C2C=C3OC(=O)C(C)=C3C[C@]2(C)[C@@H](C)[C@H]1OC(=O)c1ccco1. The minimum Gasteiger partial charge on any atom is -0.457 e. The lowest BCUT2D eigenvalue weighted by atomic mass is 9.60. The number of carbonyl (C=O) groups excluding carboxylic acids is 3. The van der Waals surface area contributed by atoms with Gasteiger partial charge < -0.3 is 18.6 Å². The highest BCUT2D eigenvalue weighted by Crippen LogP contribution is 2.54. The Bertz CT molecular complexity index is 979. The molecule has 0 unspecified atom stereocenters. The van der Waals surface area contributed by atoms with E-state index >= 15 is 0 Å². The Kier molecular flexibility index (Phi) is 4.48. The van der Waals surface area contributed by atoms with Gasteiger partial charge in [0.15, 0.2) is 6.10 Å². The maximum Gasteiger partial charge on any atom is 0.374 e. The summed E-state index contributed by atoms with van der Waals surface area (Å²) in [7, 11) is 0. The van der Waals surface area contributed by atoms with Crippen LogP contribution in [0.15, 0.2) is 57.4 Å². The highest BCUT2D eigenvalue weighted by atomic mass is 16.6. The van der Waals surface area contributed by atoms with Gasteiger partial charge >= 0.3 is 17.9 Å². The van der Waals surface area contributed by atoms with Crippen molar-refractivity contribution in [2.75, 3.05) is 0 Å². The summed E-state index contributed by atoms with van der Waals surface area (Å²) >= 11 is 0. The Morgan fingerprint density at radius 2 is 2.03 bits per heavy atom. The number of allylic oxidation sites excluding steroid dienone is 3. The zero-order valence-corrected chi connectivity index (χ0v) is 16.7. The summed E-state index contributed by atoms with van der Waals surface area (Å²) < 4.78 is 21.7. The molecule has 0 fully saturated rings. The lowest BCUT2D eigenvalue weighted by Gasteiger charge is -2.48. The van der Waals surface area contributed by atoms with Gasteiger partial charge in [-0.25, -0.2) is 9.59 Å². The lowest BCUT2D eigenvalue weighted by Crippen LogP contribution is -2.50. The highest BCUT2D eigenvalue weighted by molar-refractivity contribution is 5.94. The van der Waals surface area contributed by atoms with Gasteiger partial charge in [0.05, 0.1) is 6.26 Å². The van der Waals surface area contributed by atoms with Crippen LogP contribution < -0.4 is 0 Å². The van der Waals surface area contributed by atoms with Crippen molar-refractivity contribution < 1.29 is 33.0 Å². The smallest absolute Gasteiger partial charge is 0.374 e. The van der Waals surface area contributed by atoms with Crippen molar-refractivity contribution in [1.29, 1.82) is 0 Å². The molecule has 0 amide bonds. The first-order chi connectivity index (χ1) is 13.7. The van der Waals surface area contributed by atoms with E-state index < -0.39 is 29.6 Å². The monoisotopic (exact) mass is 398 g/mol. The largest absolute Gasteiger partial charge is 0.457 e. The minimum absolute atomic E-state index is 0.0814. The fourth-order valence-corrected chi connectivity index (χ4v) is 4.28. The number of furan rings is 1. The molecule has 29 heavy (non-hydrogen) atoms. The fraction of sp³-hybridized carbons (Fsp3) is 0.409. The Hall–Kier alpha value is -3.09. The third kappa shape index (κ3) is 3.10. The van der Waals surface area contributed by atoms with Crippen LogP contribution in [0.4, 0.5) is 0 Å². The molecular formula is C22H22O7. The minimum atomic E-state index is -0.759. The van der Waals surface area contributed by atoms with Crippen LogP contribution in [0.5, 0.6) is 0 Å². The average molecular weight is 398 g/mol. The van der Waals surface area contributed by atoms with E-state index in [1.54, 1.807) is 19.1 Å². The van der Waals surface area contributed by atoms with E-state index in [4.69, 9.17) is 18.6 Å². The molecule has 0 saturated carbocycles. The number of hydrogen-bond donors (Lipinski definition) is 0. The maximum absolute atomic E-state index is 12.5. The van der Waals surface area contributed by atoms with E-state index in [9.17, 15) is 14.4 Å². The standard InChI is InChI=1S/C22H22O7/c1-11-15-10-22(4)12(2)19(29-21(25)16-6-5-7-26-16)18(27-13(3)23)9-14(22)8-17(15)28-20(11)24/h5-9,12,18-19H,10H2,1-4H3/t12-,18+,19+,22+/m0/s1. The molecule has 1 aromatic heterocycles. The Balaban J connectivity index is 1.74. The molecule has 7 heteroatoms. The van der Waals surface area contributed by atoms with E-state index in [1.165, 1.54) is 19.3 Å². The van der Waals surface area contributed by atoms with Crippen LogP contribution in [0, 0.1) is 11.3 Å². The number of fused-ring (bicyclic) bond motifs is 2. The van der Waals surface area contributed by atoms with E-state index in [0.29, 0.717) is 17.8 Å². The third-order valence-corrected chi connectivity index (χ3v) is 6.18. The molecule has 0 bridgehead atoms. The van der Waals surface area contributed by atoms with Gasteiger partial charge in [-0.1, -0.05) is 13.8 Å². The van der Waals surface area contributed by atoms with Gasteiger partial charge in [-0.15, -0.1) is 0 Å². The van der Waals surface area contributed by atoms with Gasteiger partial charge in [-0.05, 0) is 43.2 Å². The number of carbonyl (C=O) groups is 3. The molecule has 1 aromatic rings. The molecule has 0 N–H and O–H groups in total. The zero-order chi connectivity index (χ0) is 20.9. The summed E-state index contributed by atoms with van der Waals surface area (Å²) in [6.45, 7) is 7.07. The molecular weight excluding hydrogens is 376 g/mol. The molecule has 0 radical (unpaired) electrons. The van der Waals surface area contributed by atoms with Crippen LogP contribution in [-0.2, 0) is 23.8 Å². The molecule has 7 nitrogen and oxygen atoms in total. The first kappa shape index (κ1) is 19.2. The lowest BCUT2D eigenvalue weighted by molar-refractivity contribution is -0.153. The van der Waals surface area contributed by atoms with Crippen LogP contribution in [0.1, 0.15) is 44.7 Å². The molecule has 0 spiro atoms. The quantitative estimate of drug-likeness (QED) is 0.568. The fourth-order valence-electron chi connectivity index (χ4n) is 4.28. The Morgan fingerprint density at radius 1 is 1.28 bits per heavy atom. The van der Waals surface area contributed by atoms with Crippen molar-refractivity contribution in [3.8, 4) is 0 Å². The Morgan fingerprint density at radius 3 is 2.69 bits per heavy atom. The Labute approximate surface area is 168 Å². The average Bonchev–Trinajstić information content (AvgIpc) is 3.28. The predicted octanol–water partition coefficient (Wildman–Crippen LogP) is 3.48. The normalized spacial score (nSPS) is 30.6. The maximum atomic E-state index is 12.5. The summed E-state index contributed by atoms with van der Waals surface area (Å²) in [5.41, 5.74) is 1.92. The van der Waals surface area contributed by atoms with Crippen LogP contribution in [-0.4, -0.2) is 30.1 Å². The molecule has 4 rings (SSSR count). The first-order valence-corrected chi connectivity index (χ1v) is 9.48. The molecule has 4 atom stereocenters. The molecule has 0 aromatic carbocycles. The molecule has 0 saturated heterocycles. The first-order valence-electron chi connectivity index (χ1n) is 9.48. The predicted molar refractivity (Wildman–Crippen MR) is 100 cm³/mol. The molecule has 1 aliphatic heterocycles. The summed E-state index contributed by atoms with van der Waals surface area (Å²) in [5.74, 6) is -1.03. The van der Waals surface area contributed by atoms with Crippen molar-refractivity contribution in [2.45, 2.75) is 46.3 Å². The van der Waals surface area contributed by atoms with E-state index in [2.05, 4.69) is 6.92 Å². The number of hydrogen-bond acceptors (Lipinski definition) is 7. The summed E-state index contributed by atoms with van der Waals surface area (Å²) in [6.07, 6.45) is 4.09. The van der Waals surface area contributed by atoms with Gasteiger partial charge in [0.2, 0.25) is 5.76 Å². The highest BCUT2D eigenvalue weighted by Gasteiger charge is 2.51. The molecule has 152 valence electrons. The third-order valence-electron chi connectivity index (χ3n) is 6.18. The van der Waals surface area contributed by atoms with Gasteiger partial charge in [0, 0.05) is 29.4 Å². The van der Waals surface area contributed by atoms with Crippen molar-refractivity contribution >= 4 is 17.9 Å². The van der Waals surface area contributed by atoms with Gasteiger partial charge in [-0.2, -0.15) is 0 Å². The molecule has 2 heterocycles. The number of rotatable bonds is 3. The van der Waals surface area contributed by atoms with E-state index in [1.807, 2.05) is 13.0 Å². The molecule has 3 aliphatic rings. The second-order valence-electron chi connectivity index (χ2n) is 7.93. The summed E-state index contributed by atoms with van der Waals surface area (Å²) in [5, 5.41) is 0. The van der Waals surface area contributed by atoms with Crippen LogP contribution in [0.2, 0.25) is 0 Å². The second kappa shape index (κ2) is 6.76. The summed E-state index contributed by atoms with van der Waals surface area (Å²) in [6, 6.07) is 3.12. The van der Waals surface area contributed by atoms with Gasteiger partial charge in [-0.3, -0.25) is 4.79 Å². The number of ether oxygens (including phenoxy) is 3. The van der Waals surface area contributed by atoms with Crippen molar-refractivity contribution in [1.82, 2.24) is 0 Å². The van der Waals surface area contributed by atoms with Crippen molar-refractivity contribution in [2.24, 2.45) is 11.3 Å². The second-order valence-corrected chi connectivity index (χ2v) is 7.93. The topological polar surface area (TPSA) is 92.0 Å². The zero-order valence-electron chi connectivity index (χ0n) is 16.7. The van der Waals surface area contributed by atoms with Crippen LogP contribution in [0.25, 0.3) is 0 Å². The van der Waals surface area contributed by atoms with Gasteiger partial charge in [0.1, 0.15) is 11.9 Å². The number of esters is 3. The summed E-state index contributed by atoms with van der Waals surface area (Å²) in [4.78, 5) is 36.2. The van der Waals surface area contributed by atoms with E-state index in [0.717, 1.165) is 11.1 Å². The molecule has 2 aliphatic carbocycles. The van der Waals surface area contributed by atoms with Crippen LogP contribution >= 0.6 is 0 Å². The van der Waals surface area contributed by atoms with Crippen molar-refractivity contribution in [3.63, 3.8) is 0 Å². The van der Waals surface area contributed by atoms with Gasteiger partial charge in [0.25, 0.3) is 0 Å². The van der Waals surface area contributed by atoms with E-state index in [-0.39, 0.29) is 17.6 Å².